The molecular weight excluding hydrogens is 340 g/mol. The maximum atomic E-state index is 12.3. The van der Waals surface area contributed by atoms with Gasteiger partial charge in [-0.3, -0.25) is 9.78 Å². The van der Waals surface area contributed by atoms with Gasteiger partial charge in [-0.15, -0.1) is 0 Å². The molecule has 142 valence electrons. The number of pyridine rings is 1. The summed E-state index contributed by atoms with van der Waals surface area (Å²) in [6, 6.07) is 13.1. The van der Waals surface area contributed by atoms with Gasteiger partial charge in [0.1, 0.15) is 0 Å². The van der Waals surface area contributed by atoms with Crippen LogP contribution in [0.25, 0.3) is 0 Å². The number of urea groups is 1. The molecule has 1 fully saturated rings. The number of rotatable bonds is 6. The summed E-state index contributed by atoms with van der Waals surface area (Å²) >= 11 is 0. The smallest absolute Gasteiger partial charge is 0.321 e. The van der Waals surface area contributed by atoms with E-state index in [1.165, 1.54) is 0 Å². The highest BCUT2D eigenvalue weighted by atomic mass is 16.2. The molecule has 0 saturated carbocycles. The fourth-order valence-corrected chi connectivity index (χ4v) is 3.16. The Balaban J connectivity index is 1.46. The molecule has 2 aromatic rings. The lowest BCUT2D eigenvalue weighted by Crippen LogP contribution is -2.31. The van der Waals surface area contributed by atoms with Crippen molar-refractivity contribution in [2.75, 3.05) is 25.5 Å². The standard InChI is InChI=1S/C21H26N4O2/c1-24(16-19-6-2-3-13-22-19)21(27)23-18-10-7-17(8-11-18)9-12-20(26)25-14-4-5-15-25/h2-3,6-8,10-11,13H,4-5,9,12,14-16H2,1H3,(H,23,27). The van der Waals surface area contributed by atoms with Crippen LogP contribution in [0.1, 0.15) is 30.5 Å². The minimum Gasteiger partial charge on any atom is -0.343 e. The van der Waals surface area contributed by atoms with Crippen LogP contribution in [-0.2, 0) is 17.8 Å². The third kappa shape index (κ3) is 5.54. The predicted octanol–water partition coefficient (Wildman–Crippen LogP) is 3.30. The Morgan fingerprint density at radius 3 is 2.52 bits per heavy atom. The first-order valence-electron chi connectivity index (χ1n) is 9.40. The van der Waals surface area contributed by atoms with E-state index in [4.69, 9.17) is 0 Å². The van der Waals surface area contributed by atoms with Crippen molar-refractivity contribution in [1.29, 1.82) is 0 Å². The summed E-state index contributed by atoms with van der Waals surface area (Å²) in [4.78, 5) is 32.2. The maximum absolute atomic E-state index is 12.3. The Labute approximate surface area is 160 Å². The lowest BCUT2D eigenvalue weighted by molar-refractivity contribution is -0.130. The Morgan fingerprint density at radius 1 is 1.11 bits per heavy atom. The van der Waals surface area contributed by atoms with Crippen molar-refractivity contribution in [2.24, 2.45) is 0 Å². The van der Waals surface area contributed by atoms with E-state index in [9.17, 15) is 9.59 Å². The molecule has 0 radical (unpaired) electrons. The molecule has 0 bridgehead atoms. The second-order valence-corrected chi connectivity index (χ2v) is 6.89. The van der Waals surface area contributed by atoms with Crippen LogP contribution in [0.2, 0.25) is 0 Å². The maximum Gasteiger partial charge on any atom is 0.321 e. The second kappa shape index (κ2) is 9.16. The first-order valence-corrected chi connectivity index (χ1v) is 9.40. The van der Waals surface area contributed by atoms with Crippen LogP contribution in [0.5, 0.6) is 0 Å². The first kappa shape index (κ1) is 18.9. The van der Waals surface area contributed by atoms with Crippen LogP contribution in [0.15, 0.2) is 48.7 Å². The van der Waals surface area contributed by atoms with Gasteiger partial charge >= 0.3 is 6.03 Å². The normalized spacial score (nSPS) is 13.4. The molecule has 1 aliphatic rings. The molecule has 3 amide bonds. The lowest BCUT2D eigenvalue weighted by Gasteiger charge is -2.18. The molecule has 0 atom stereocenters. The molecule has 2 heterocycles. The van der Waals surface area contributed by atoms with E-state index in [0.29, 0.717) is 13.0 Å². The van der Waals surface area contributed by atoms with Gasteiger partial charge < -0.3 is 15.1 Å². The summed E-state index contributed by atoms with van der Waals surface area (Å²) in [7, 11) is 1.74. The minimum absolute atomic E-state index is 0.183. The van der Waals surface area contributed by atoms with E-state index in [0.717, 1.165) is 49.3 Å². The second-order valence-electron chi connectivity index (χ2n) is 6.89. The van der Waals surface area contributed by atoms with Gasteiger partial charge in [0.05, 0.1) is 12.2 Å². The van der Waals surface area contributed by atoms with E-state index in [1.54, 1.807) is 18.1 Å². The average Bonchev–Trinajstić information content (AvgIpc) is 3.23. The van der Waals surface area contributed by atoms with E-state index in [-0.39, 0.29) is 11.9 Å². The molecule has 1 aromatic carbocycles. The number of benzene rings is 1. The summed E-state index contributed by atoms with van der Waals surface area (Å²) in [5, 5.41) is 2.88. The molecule has 27 heavy (non-hydrogen) atoms. The van der Waals surface area contributed by atoms with Gasteiger partial charge in [-0.2, -0.15) is 0 Å². The number of aryl methyl sites for hydroxylation is 1. The Hall–Kier alpha value is -2.89. The van der Waals surface area contributed by atoms with Crippen molar-refractivity contribution in [3.8, 4) is 0 Å². The number of hydrogen-bond acceptors (Lipinski definition) is 3. The molecule has 1 aliphatic heterocycles. The fraction of sp³-hybridized carbons (Fsp3) is 0.381. The molecule has 1 aromatic heterocycles. The Kier molecular flexibility index (Phi) is 6.41. The van der Waals surface area contributed by atoms with Crippen LogP contribution in [0.3, 0.4) is 0 Å². The fourth-order valence-electron chi connectivity index (χ4n) is 3.16. The van der Waals surface area contributed by atoms with Gasteiger partial charge in [0, 0.05) is 38.4 Å². The highest BCUT2D eigenvalue weighted by Crippen LogP contribution is 2.14. The highest BCUT2D eigenvalue weighted by Gasteiger charge is 2.17. The number of nitrogens with zero attached hydrogens (tertiary/aromatic N) is 3. The van der Waals surface area contributed by atoms with E-state index in [2.05, 4.69) is 10.3 Å². The summed E-state index contributed by atoms with van der Waals surface area (Å²) in [6.45, 7) is 2.25. The summed E-state index contributed by atoms with van der Waals surface area (Å²) < 4.78 is 0. The molecule has 3 rings (SSSR count). The number of hydrogen-bond donors (Lipinski definition) is 1. The third-order valence-corrected chi connectivity index (χ3v) is 4.76. The zero-order valence-electron chi connectivity index (χ0n) is 15.7. The SMILES string of the molecule is CN(Cc1ccccn1)C(=O)Nc1ccc(CCC(=O)N2CCCC2)cc1. The first-order chi connectivity index (χ1) is 13.1. The van der Waals surface area contributed by atoms with Gasteiger partial charge in [0.2, 0.25) is 5.91 Å². The molecule has 0 spiro atoms. The number of likely N-dealkylation sites (tertiary alicyclic amines) is 1. The summed E-state index contributed by atoms with van der Waals surface area (Å²) in [5.74, 6) is 0.237. The molecular formula is C21H26N4O2. The van der Waals surface area contributed by atoms with Crippen molar-refractivity contribution >= 4 is 17.6 Å². The quantitative estimate of drug-likeness (QED) is 0.853. The van der Waals surface area contributed by atoms with Crippen molar-refractivity contribution in [3.63, 3.8) is 0 Å². The van der Waals surface area contributed by atoms with Crippen molar-refractivity contribution in [3.05, 3.63) is 59.9 Å². The summed E-state index contributed by atoms with van der Waals surface area (Å²) in [5.41, 5.74) is 2.68. The molecule has 0 unspecified atom stereocenters. The Morgan fingerprint density at radius 2 is 1.85 bits per heavy atom. The molecule has 6 nitrogen and oxygen atoms in total. The third-order valence-electron chi connectivity index (χ3n) is 4.76. The molecule has 1 N–H and O–H groups in total. The van der Waals surface area contributed by atoms with Crippen molar-refractivity contribution in [1.82, 2.24) is 14.8 Å². The van der Waals surface area contributed by atoms with Crippen LogP contribution in [-0.4, -0.2) is 46.9 Å². The monoisotopic (exact) mass is 366 g/mol. The molecule has 6 heteroatoms. The average molecular weight is 366 g/mol. The number of carbonyl (C=O) groups is 2. The number of carbonyl (C=O) groups excluding carboxylic acids is 2. The van der Waals surface area contributed by atoms with Crippen LogP contribution in [0, 0.1) is 0 Å². The lowest BCUT2D eigenvalue weighted by atomic mass is 10.1. The molecule has 1 saturated heterocycles. The van der Waals surface area contributed by atoms with E-state index >= 15 is 0 Å². The van der Waals surface area contributed by atoms with Crippen molar-refractivity contribution in [2.45, 2.75) is 32.2 Å². The number of anilines is 1. The number of amides is 3. The van der Waals surface area contributed by atoms with Gasteiger partial charge in [-0.25, -0.2) is 4.79 Å². The Bertz CT molecular complexity index is 756. The largest absolute Gasteiger partial charge is 0.343 e. The van der Waals surface area contributed by atoms with Crippen LogP contribution in [0.4, 0.5) is 10.5 Å². The zero-order chi connectivity index (χ0) is 19.1. The minimum atomic E-state index is -0.183. The highest BCUT2D eigenvalue weighted by molar-refractivity contribution is 5.89. The number of aromatic nitrogens is 1. The molecule has 0 aliphatic carbocycles. The number of nitrogens with one attached hydrogen (secondary N) is 1. The van der Waals surface area contributed by atoms with Gasteiger partial charge in [0.15, 0.2) is 0 Å². The van der Waals surface area contributed by atoms with E-state index < -0.39 is 0 Å². The predicted molar refractivity (Wildman–Crippen MR) is 105 cm³/mol. The van der Waals surface area contributed by atoms with E-state index in [1.807, 2.05) is 47.4 Å². The summed E-state index contributed by atoms with van der Waals surface area (Å²) in [6.07, 6.45) is 5.22. The van der Waals surface area contributed by atoms with Crippen molar-refractivity contribution < 1.29 is 9.59 Å². The zero-order valence-corrected chi connectivity index (χ0v) is 15.7. The van der Waals surface area contributed by atoms with Gasteiger partial charge in [-0.05, 0) is 49.1 Å². The van der Waals surface area contributed by atoms with Gasteiger partial charge in [-0.1, -0.05) is 18.2 Å². The topological polar surface area (TPSA) is 65.5 Å². The van der Waals surface area contributed by atoms with Crippen LogP contribution >= 0.6 is 0 Å². The van der Waals surface area contributed by atoms with Crippen LogP contribution < -0.4 is 5.32 Å². The van der Waals surface area contributed by atoms with Gasteiger partial charge in [0.25, 0.3) is 0 Å².